The highest BCUT2D eigenvalue weighted by atomic mass is 16.5. The fraction of sp³-hybridized carbons (Fsp3) is 0.0909. The summed E-state index contributed by atoms with van der Waals surface area (Å²) < 4.78 is 5.08. The quantitative estimate of drug-likeness (QED) is 0.806. The van der Waals surface area contributed by atoms with Crippen LogP contribution in [0.3, 0.4) is 0 Å². The Morgan fingerprint density at radius 2 is 2.12 bits per heavy atom. The average molecular weight is 219 g/mol. The number of carboxylic acid groups (broad SMARTS) is 1. The average Bonchev–Trinajstić information content (AvgIpc) is 2.27. The zero-order valence-corrected chi connectivity index (χ0v) is 8.27. The van der Waals surface area contributed by atoms with E-state index in [0.717, 1.165) is 0 Å². The fourth-order valence-corrected chi connectivity index (χ4v) is 1.46. The molecule has 0 saturated carbocycles. The van der Waals surface area contributed by atoms with Crippen molar-refractivity contribution < 1.29 is 14.6 Å². The molecule has 82 valence electrons. The van der Waals surface area contributed by atoms with Crippen molar-refractivity contribution in [2.45, 2.75) is 0 Å². The largest absolute Gasteiger partial charge is 0.481 e. The second kappa shape index (κ2) is 4.06. The third kappa shape index (κ3) is 1.88. The molecule has 0 amide bonds. The van der Waals surface area contributed by atoms with Gasteiger partial charge in [-0.3, -0.25) is 4.79 Å². The molecule has 0 fully saturated rings. The zero-order chi connectivity index (χ0) is 11.5. The molecule has 0 radical (unpaired) electrons. The first kappa shape index (κ1) is 10.2. The van der Waals surface area contributed by atoms with Crippen molar-refractivity contribution in [1.29, 1.82) is 0 Å². The lowest BCUT2D eigenvalue weighted by molar-refractivity contribution is -0.139. The van der Waals surface area contributed by atoms with Crippen molar-refractivity contribution >= 4 is 16.7 Å². The molecule has 1 heterocycles. The number of carbonyl (C=O) groups is 1. The van der Waals surface area contributed by atoms with Crippen LogP contribution >= 0.6 is 0 Å². The number of hydrogen-bond acceptors (Lipinski definition) is 3. The highest BCUT2D eigenvalue weighted by molar-refractivity contribution is 5.87. The molecule has 2 N–H and O–H groups in total. The van der Waals surface area contributed by atoms with E-state index >= 15 is 0 Å². The Kier molecular flexibility index (Phi) is 2.59. The summed E-state index contributed by atoms with van der Waals surface area (Å²) in [4.78, 5) is 24.4. The second-order valence-corrected chi connectivity index (χ2v) is 3.21. The van der Waals surface area contributed by atoms with Gasteiger partial charge in [0, 0.05) is 11.6 Å². The van der Waals surface area contributed by atoms with Gasteiger partial charge in [0.15, 0.2) is 6.61 Å². The van der Waals surface area contributed by atoms with Crippen molar-refractivity contribution in [3.05, 3.63) is 40.8 Å². The van der Waals surface area contributed by atoms with Crippen LogP contribution in [0.25, 0.3) is 10.8 Å². The van der Waals surface area contributed by atoms with Crippen LogP contribution < -0.4 is 10.3 Å². The van der Waals surface area contributed by atoms with Crippen molar-refractivity contribution in [1.82, 2.24) is 4.98 Å². The Hall–Kier alpha value is -2.30. The predicted molar refractivity (Wildman–Crippen MR) is 57.7 cm³/mol. The molecule has 0 saturated heterocycles. The first-order valence-electron chi connectivity index (χ1n) is 4.63. The van der Waals surface area contributed by atoms with Gasteiger partial charge >= 0.3 is 5.97 Å². The number of carboxylic acids is 1. The van der Waals surface area contributed by atoms with Crippen LogP contribution in [0.1, 0.15) is 0 Å². The van der Waals surface area contributed by atoms with Crippen molar-refractivity contribution in [3.8, 4) is 5.75 Å². The van der Waals surface area contributed by atoms with Gasteiger partial charge < -0.3 is 14.8 Å². The molecule has 2 rings (SSSR count). The van der Waals surface area contributed by atoms with Crippen LogP contribution in [-0.4, -0.2) is 22.7 Å². The number of nitrogens with one attached hydrogen (secondary N) is 1. The van der Waals surface area contributed by atoms with Crippen molar-refractivity contribution in [2.24, 2.45) is 0 Å². The molecule has 2 aromatic rings. The number of H-pyrrole nitrogens is 1. The summed E-state index contributed by atoms with van der Waals surface area (Å²) in [6.45, 7) is -0.425. The first-order valence-corrected chi connectivity index (χ1v) is 4.63. The number of aromatic amines is 1. The summed E-state index contributed by atoms with van der Waals surface area (Å²) in [5.74, 6) is -0.659. The lowest BCUT2D eigenvalue weighted by Gasteiger charge is -2.06. The maximum atomic E-state index is 11.4. The number of ether oxygens (including phenoxy) is 1. The molecular weight excluding hydrogens is 210 g/mol. The Morgan fingerprint density at radius 1 is 1.31 bits per heavy atom. The van der Waals surface area contributed by atoms with Crippen molar-refractivity contribution in [2.75, 3.05) is 6.61 Å². The highest BCUT2D eigenvalue weighted by Gasteiger charge is 2.05. The molecule has 0 aliphatic carbocycles. The molecule has 0 bridgehead atoms. The topological polar surface area (TPSA) is 79.4 Å². The number of pyridine rings is 1. The van der Waals surface area contributed by atoms with Crippen LogP contribution in [-0.2, 0) is 4.79 Å². The number of fused-ring (bicyclic) bond motifs is 1. The Morgan fingerprint density at radius 3 is 2.88 bits per heavy atom. The van der Waals surface area contributed by atoms with Gasteiger partial charge in [-0.1, -0.05) is 6.07 Å². The summed E-state index contributed by atoms with van der Waals surface area (Å²) in [5, 5.41) is 9.59. The number of aliphatic carboxylic acids is 1. The molecule has 0 aliphatic heterocycles. The van der Waals surface area contributed by atoms with Crippen LogP contribution in [0.4, 0.5) is 0 Å². The molecule has 0 spiro atoms. The minimum atomic E-state index is -1.05. The van der Waals surface area contributed by atoms with E-state index in [1.54, 1.807) is 24.3 Å². The van der Waals surface area contributed by atoms with Gasteiger partial charge in [0.1, 0.15) is 5.75 Å². The fourth-order valence-electron chi connectivity index (χ4n) is 1.46. The van der Waals surface area contributed by atoms with Gasteiger partial charge in [-0.15, -0.1) is 0 Å². The maximum absolute atomic E-state index is 11.4. The summed E-state index contributed by atoms with van der Waals surface area (Å²) in [6, 6.07) is 6.61. The SMILES string of the molecule is O=C(O)COc1cccc2c(=O)[nH]ccc12. The van der Waals surface area contributed by atoms with E-state index in [0.29, 0.717) is 16.5 Å². The summed E-state index contributed by atoms with van der Waals surface area (Å²) >= 11 is 0. The summed E-state index contributed by atoms with van der Waals surface area (Å²) in [7, 11) is 0. The van der Waals surface area contributed by atoms with Gasteiger partial charge in [-0.2, -0.15) is 0 Å². The number of rotatable bonds is 3. The smallest absolute Gasteiger partial charge is 0.341 e. The van der Waals surface area contributed by atoms with E-state index in [4.69, 9.17) is 9.84 Å². The van der Waals surface area contributed by atoms with Gasteiger partial charge in [0.2, 0.25) is 0 Å². The highest BCUT2D eigenvalue weighted by Crippen LogP contribution is 2.22. The molecule has 0 atom stereocenters. The molecule has 1 aromatic carbocycles. The van der Waals surface area contributed by atoms with Crippen LogP contribution in [0.5, 0.6) is 5.75 Å². The monoisotopic (exact) mass is 219 g/mol. The Bertz CT molecular complexity index is 588. The predicted octanol–water partition coefficient (Wildman–Crippen LogP) is 0.991. The molecule has 0 aliphatic rings. The second-order valence-electron chi connectivity index (χ2n) is 3.21. The third-order valence-corrected chi connectivity index (χ3v) is 2.13. The molecule has 1 aromatic heterocycles. The standard InChI is InChI=1S/C11H9NO4/c13-10(14)6-16-9-3-1-2-8-7(9)4-5-12-11(8)15/h1-5H,6H2,(H,12,15)(H,13,14). The minimum Gasteiger partial charge on any atom is -0.481 e. The number of benzene rings is 1. The lowest BCUT2D eigenvalue weighted by Crippen LogP contribution is -2.10. The molecule has 16 heavy (non-hydrogen) atoms. The van der Waals surface area contributed by atoms with Gasteiger partial charge in [0.05, 0.1) is 5.39 Å². The van der Waals surface area contributed by atoms with Gasteiger partial charge in [0.25, 0.3) is 5.56 Å². The molecule has 0 unspecified atom stereocenters. The third-order valence-electron chi connectivity index (χ3n) is 2.13. The minimum absolute atomic E-state index is 0.224. The zero-order valence-electron chi connectivity index (χ0n) is 8.27. The van der Waals surface area contributed by atoms with Crippen molar-refractivity contribution in [3.63, 3.8) is 0 Å². The Labute approximate surface area is 90.3 Å². The van der Waals surface area contributed by atoms with E-state index in [1.165, 1.54) is 6.20 Å². The number of hydrogen-bond donors (Lipinski definition) is 2. The van der Waals surface area contributed by atoms with Crippen LogP contribution in [0.2, 0.25) is 0 Å². The van der Waals surface area contributed by atoms with Gasteiger partial charge in [-0.25, -0.2) is 4.79 Å². The maximum Gasteiger partial charge on any atom is 0.341 e. The molecule has 5 heteroatoms. The summed E-state index contributed by atoms with van der Waals surface area (Å²) in [5.41, 5.74) is -0.224. The van der Waals surface area contributed by atoms with Gasteiger partial charge in [-0.05, 0) is 18.2 Å². The van der Waals surface area contributed by atoms with E-state index in [-0.39, 0.29) is 5.56 Å². The molecular formula is C11H9NO4. The van der Waals surface area contributed by atoms with E-state index < -0.39 is 12.6 Å². The van der Waals surface area contributed by atoms with E-state index in [2.05, 4.69) is 4.98 Å². The first-order chi connectivity index (χ1) is 7.68. The van der Waals surface area contributed by atoms with E-state index in [1.807, 2.05) is 0 Å². The van der Waals surface area contributed by atoms with E-state index in [9.17, 15) is 9.59 Å². The van der Waals surface area contributed by atoms with Crippen LogP contribution in [0, 0.1) is 0 Å². The molecule has 5 nitrogen and oxygen atoms in total. The van der Waals surface area contributed by atoms with Crippen LogP contribution in [0.15, 0.2) is 35.3 Å². The number of aromatic nitrogens is 1. The summed E-state index contributed by atoms with van der Waals surface area (Å²) in [6.07, 6.45) is 1.50. The Balaban J connectivity index is 2.50. The lowest BCUT2D eigenvalue weighted by atomic mass is 10.1. The normalized spacial score (nSPS) is 10.2.